The number of alkyl halides is 2. The quantitative estimate of drug-likeness (QED) is 0.743. The molecule has 18 heavy (non-hydrogen) atoms. The molecule has 0 radical (unpaired) electrons. The summed E-state index contributed by atoms with van der Waals surface area (Å²) < 4.78 is 26.9. The number of nitrogens with one attached hydrogen (secondary N) is 1. The lowest BCUT2D eigenvalue weighted by Gasteiger charge is -2.35. The van der Waals surface area contributed by atoms with E-state index in [4.69, 9.17) is 0 Å². The molecule has 0 aromatic carbocycles. The highest BCUT2D eigenvalue weighted by Gasteiger charge is 2.37. The molecule has 0 aromatic rings. The van der Waals surface area contributed by atoms with Gasteiger partial charge in [0.1, 0.15) is 0 Å². The van der Waals surface area contributed by atoms with Crippen molar-refractivity contribution < 1.29 is 8.78 Å². The number of hydrogen-bond donors (Lipinski definition) is 1. The Labute approximate surface area is 111 Å². The zero-order valence-corrected chi connectivity index (χ0v) is 12.3. The van der Waals surface area contributed by atoms with Crippen LogP contribution in [0.15, 0.2) is 0 Å². The molecule has 0 spiro atoms. The van der Waals surface area contributed by atoms with E-state index in [-0.39, 0.29) is 18.8 Å². The van der Waals surface area contributed by atoms with E-state index in [1.54, 1.807) is 0 Å². The summed E-state index contributed by atoms with van der Waals surface area (Å²) in [6, 6.07) is 0.422. The van der Waals surface area contributed by atoms with Crippen LogP contribution in [-0.2, 0) is 0 Å². The minimum absolute atomic E-state index is 0.0958. The van der Waals surface area contributed by atoms with Gasteiger partial charge in [0.15, 0.2) is 0 Å². The van der Waals surface area contributed by atoms with Gasteiger partial charge in [-0.25, -0.2) is 8.78 Å². The molecular weight excluding hydrogens is 232 g/mol. The summed E-state index contributed by atoms with van der Waals surface area (Å²) in [4.78, 5) is 0. The maximum atomic E-state index is 13.4. The Morgan fingerprint density at radius 3 is 2.44 bits per heavy atom. The standard InChI is InChI=1S/C15H29F2N/c1-5-18-12(4)14(11(2)3)9-13-7-6-8-15(16,17)10-13/h11-14,18H,5-10H2,1-4H3. The van der Waals surface area contributed by atoms with Crippen LogP contribution in [0.25, 0.3) is 0 Å². The highest BCUT2D eigenvalue weighted by molar-refractivity contribution is 4.83. The predicted molar refractivity (Wildman–Crippen MR) is 73.0 cm³/mol. The zero-order chi connectivity index (χ0) is 13.8. The summed E-state index contributed by atoms with van der Waals surface area (Å²) in [7, 11) is 0. The Morgan fingerprint density at radius 2 is 1.94 bits per heavy atom. The molecule has 3 heteroatoms. The van der Waals surface area contributed by atoms with Gasteiger partial charge in [0.25, 0.3) is 0 Å². The predicted octanol–water partition coefficient (Wildman–Crippen LogP) is 4.47. The van der Waals surface area contributed by atoms with Crippen molar-refractivity contribution in [2.24, 2.45) is 17.8 Å². The molecule has 1 nitrogen and oxygen atoms in total. The molecule has 0 heterocycles. The summed E-state index contributed by atoms with van der Waals surface area (Å²) in [6.07, 6.45) is 2.82. The Balaban J connectivity index is 2.55. The van der Waals surface area contributed by atoms with E-state index in [1.807, 2.05) is 0 Å². The molecule has 108 valence electrons. The van der Waals surface area contributed by atoms with Crippen LogP contribution in [-0.4, -0.2) is 18.5 Å². The fourth-order valence-electron chi connectivity index (χ4n) is 3.39. The van der Waals surface area contributed by atoms with Crippen molar-refractivity contribution in [3.63, 3.8) is 0 Å². The molecule has 1 rings (SSSR count). The van der Waals surface area contributed by atoms with Gasteiger partial charge in [-0.1, -0.05) is 27.2 Å². The Kier molecular flexibility index (Phi) is 6.03. The van der Waals surface area contributed by atoms with E-state index in [9.17, 15) is 8.78 Å². The van der Waals surface area contributed by atoms with E-state index in [0.717, 1.165) is 19.4 Å². The second-order valence-electron chi connectivity index (χ2n) is 6.31. The van der Waals surface area contributed by atoms with Gasteiger partial charge in [-0.2, -0.15) is 0 Å². The minimum Gasteiger partial charge on any atom is -0.314 e. The Hall–Kier alpha value is -0.180. The van der Waals surface area contributed by atoms with Crippen LogP contribution in [0.1, 0.15) is 59.8 Å². The summed E-state index contributed by atoms with van der Waals surface area (Å²) in [5.74, 6) is -1.15. The van der Waals surface area contributed by atoms with Crippen molar-refractivity contribution in [3.05, 3.63) is 0 Å². The lowest BCUT2D eigenvalue weighted by molar-refractivity contribution is -0.0573. The van der Waals surface area contributed by atoms with Gasteiger partial charge in [0.05, 0.1) is 0 Å². The molecule has 1 aliphatic rings. The van der Waals surface area contributed by atoms with Crippen molar-refractivity contribution in [2.75, 3.05) is 6.54 Å². The summed E-state index contributed by atoms with van der Waals surface area (Å²) in [5, 5.41) is 3.45. The maximum Gasteiger partial charge on any atom is 0.248 e. The summed E-state index contributed by atoms with van der Waals surface area (Å²) in [5.41, 5.74) is 0. The number of hydrogen-bond acceptors (Lipinski definition) is 1. The normalized spacial score (nSPS) is 27.2. The molecule has 1 fully saturated rings. The highest BCUT2D eigenvalue weighted by atomic mass is 19.3. The Bertz CT molecular complexity index is 241. The van der Waals surface area contributed by atoms with E-state index < -0.39 is 5.92 Å². The third kappa shape index (κ3) is 4.83. The van der Waals surface area contributed by atoms with Crippen LogP contribution >= 0.6 is 0 Å². The molecule has 1 N–H and O–H groups in total. The van der Waals surface area contributed by atoms with Gasteiger partial charge in [0.2, 0.25) is 5.92 Å². The number of rotatable bonds is 6. The van der Waals surface area contributed by atoms with E-state index in [1.165, 1.54) is 0 Å². The third-order valence-corrected chi connectivity index (χ3v) is 4.37. The second kappa shape index (κ2) is 6.83. The summed E-state index contributed by atoms with van der Waals surface area (Å²) >= 11 is 0. The maximum absolute atomic E-state index is 13.4. The van der Waals surface area contributed by atoms with Crippen LogP contribution in [0.4, 0.5) is 8.78 Å². The smallest absolute Gasteiger partial charge is 0.248 e. The van der Waals surface area contributed by atoms with Crippen molar-refractivity contribution in [1.82, 2.24) is 5.32 Å². The van der Waals surface area contributed by atoms with Crippen molar-refractivity contribution in [2.45, 2.75) is 71.8 Å². The van der Waals surface area contributed by atoms with Crippen molar-refractivity contribution >= 4 is 0 Å². The van der Waals surface area contributed by atoms with Crippen molar-refractivity contribution in [3.8, 4) is 0 Å². The van der Waals surface area contributed by atoms with Gasteiger partial charge in [-0.05, 0) is 44.1 Å². The third-order valence-electron chi connectivity index (χ3n) is 4.37. The van der Waals surface area contributed by atoms with Gasteiger partial charge in [0, 0.05) is 18.9 Å². The van der Waals surface area contributed by atoms with Gasteiger partial charge >= 0.3 is 0 Å². The fourth-order valence-corrected chi connectivity index (χ4v) is 3.39. The van der Waals surface area contributed by atoms with Crippen LogP contribution in [0, 0.1) is 17.8 Å². The monoisotopic (exact) mass is 261 g/mol. The average molecular weight is 261 g/mol. The molecule has 0 aromatic heterocycles. The first-order valence-electron chi connectivity index (χ1n) is 7.47. The lowest BCUT2D eigenvalue weighted by Crippen LogP contribution is -2.38. The van der Waals surface area contributed by atoms with E-state index >= 15 is 0 Å². The first kappa shape index (κ1) is 15.9. The van der Waals surface area contributed by atoms with Crippen molar-refractivity contribution in [1.29, 1.82) is 0 Å². The van der Waals surface area contributed by atoms with E-state index in [0.29, 0.717) is 24.3 Å². The van der Waals surface area contributed by atoms with Crippen LogP contribution in [0.5, 0.6) is 0 Å². The van der Waals surface area contributed by atoms with Gasteiger partial charge in [-0.3, -0.25) is 0 Å². The fraction of sp³-hybridized carbons (Fsp3) is 1.00. The largest absolute Gasteiger partial charge is 0.314 e. The topological polar surface area (TPSA) is 12.0 Å². The average Bonchev–Trinajstić information content (AvgIpc) is 2.24. The molecule has 1 saturated carbocycles. The Morgan fingerprint density at radius 1 is 1.28 bits per heavy atom. The summed E-state index contributed by atoms with van der Waals surface area (Å²) in [6.45, 7) is 9.65. The SMILES string of the molecule is CCNC(C)C(CC1CCCC(F)(F)C1)C(C)C. The molecule has 0 saturated heterocycles. The second-order valence-corrected chi connectivity index (χ2v) is 6.31. The van der Waals surface area contributed by atoms with Gasteiger partial charge in [-0.15, -0.1) is 0 Å². The molecule has 0 amide bonds. The van der Waals surface area contributed by atoms with Crippen LogP contribution in [0.2, 0.25) is 0 Å². The first-order valence-corrected chi connectivity index (χ1v) is 7.47. The minimum atomic E-state index is -2.41. The molecule has 1 aliphatic carbocycles. The highest BCUT2D eigenvalue weighted by Crippen LogP contribution is 2.40. The van der Waals surface area contributed by atoms with Gasteiger partial charge < -0.3 is 5.32 Å². The molecular formula is C15H29F2N. The lowest BCUT2D eigenvalue weighted by atomic mass is 9.75. The number of halogens is 2. The van der Waals surface area contributed by atoms with Crippen LogP contribution in [0.3, 0.4) is 0 Å². The molecule has 0 aliphatic heterocycles. The zero-order valence-electron chi connectivity index (χ0n) is 12.3. The first-order chi connectivity index (χ1) is 8.35. The van der Waals surface area contributed by atoms with E-state index in [2.05, 4.69) is 33.0 Å². The molecule has 3 unspecified atom stereocenters. The molecule has 3 atom stereocenters. The van der Waals surface area contributed by atoms with Crippen LogP contribution < -0.4 is 5.32 Å². The molecule has 0 bridgehead atoms.